The average Bonchev–Trinajstić information content (AvgIpc) is 2.35. The monoisotopic (exact) mass is 270 g/mol. The third kappa shape index (κ3) is 5.00. The Hall–Kier alpha value is -1.83. The van der Waals surface area contributed by atoms with E-state index >= 15 is 0 Å². The van der Waals surface area contributed by atoms with Crippen LogP contribution in [-0.4, -0.2) is 45.1 Å². The fourth-order valence-electron chi connectivity index (χ4n) is 1.15. The molecule has 0 aliphatic carbocycles. The normalized spacial score (nSPS) is 11.6. The number of carboxylic acid groups (broad SMARTS) is 1. The van der Waals surface area contributed by atoms with Crippen molar-refractivity contribution in [2.75, 3.05) is 17.3 Å². The van der Waals surface area contributed by atoms with Crippen LogP contribution in [0.3, 0.4) is 0 Å². The predicted molar refractivity (Wildman–Crippen MR) is 68.6 cm³/mol. The number of urea groups is 1. The van der Waals surface area contributed by atoms with Gasteiger partial charge in [-0.25, -0.2) is 19.6 Å². The molecule has 2 amide bonds. The van der Waals surface area contributed by atoms with Gasteiger partial charge in [0.05, 0.1) is 0 Å². The molecule has 1 unspecified atom stereocenters. The summed E-state index contributed by atoms with van der Waals surface area (Å²) in [6.45, 7) is 0. The Bertz CT molecular complexity index is 401. The number of carbonyl (C=O) groups is 2. The van der Waals surface area contributed by atoms with Crippen molar-refractivity contribution in [3.8, 4) is 0 Å². The molecule has 0 aromatic carbocycles. The first-order chi connectivity index (χ1) is 8.63. The van der Waals surface area contributed by atoms with Gasteiger partial charge in [-0.3, -0.25) is 5.32 Å². The minimum Gasteiger partial charge on any atom is -0.480 e. The standard InChI is InChI=1S/C10H14N4O3S/c1-18-6-3-7(8(15)16)13-10(17)14-9-11-4-2-5-12-9/h2,4-5,7H,3,6H2,1H3,(H,15,16)(H2,11,12,13,14,17). The molecule has 1 aromatic heterocycles. The fraction of sp³-hybridized carbons (Fsp3) is 0.400. The molecule has 0 radical (unpaired) electrons. The maximum absolute atomic E-state index is 11.5. The molecule has 0 aliphatic rings. The number of aliphatic carboxylic acids is 1. The van der Waals surface area contributed by atoms with Crippen molar-refractivity contribution in [2.24, 2.45) is 0 Å². The van der Waals surface area contributed by atoms with E-state index in [0.717, 1.165) is 0 Å². The molecule has 0 saturated heterocycles. The Balaban J connectivity index is 2.48. The molecule has 7 nitrogen and oxygen atoms in total. The van der Waals surface area contributed by atoms with Crippen LogP contribution in [-0.2, 0) is 4.79 Å². The van der Waals surface area contributed by atoms with Gasteiger partial charge in [-0.2, -0.15) is 11.8 Å². The number of aromatic nitrogens is 2. The van der Waals surface area contributed by atoms with Gasteiger partial charge < -0.3 is 10.4 Å². The lowest BCUT2D eigenvalue weighted by Gasteiger charge is -2.13. The van der Waals surface area contributed by atoms with Crippen LogP contribution in [0.15, 0.2) is 18.5 Å². The molecule has 98 valence electrons. The number of carbonyl (C=O) groups excluding carboxylic acids is 1. The van der Waals surface area contributed by atoms with E-state index in [0.29, 0.717) is 12.2 Å². The van der Waals surface area contributed by atoms with Gasteiger partial charge in [0, 0.05) is 12.4 Å². The third-order valence-corrected chi connectivity index (χ3v) is 2.65. The van der Waals surface area contributed by atoms with Crippen LogP contribution in [0.25, 0.3) is 0 Å². The molecule has 1 rings (SSSR count). The van der Waals surface area contributed by atoms with Gasteiger partial charge in [-0.05, 0) is 24.5 Å². The molecule has 1 heterocycles. The van der Waals surface area contributed by atoms with E-state index in [2.05, 4.69) is 20.6 Å². The summed E-state index contributed by atoms with van der Waals surface area (Å²) < 4.78 is 0. The predicted octanol–water partition coefficient (Wildman–Crippen LogP) is 0.804. The molecule has 0 spiro atoms. The van der Waals surface area contributed by atoms with Crippen LogP contribution in [0.4, 0.5) is 10.7 Å². The smallest absolute Gasteiger partial charge is 0.326 e. The second-order valence-corrected chi connectivity index (χ2v) is 4.33. The number of anilines is 1. The van der Waals surface area contributed by atoms with Gasteiger partial charge in [0.2, 0.25) is 5.95 Å². The highest BCUT2D eigenvalue weighted by atomic mass is 32.2. The Morgan fingerprint density at radius 2 is 2.11 bits per heavy atom. The first-order valence-corrected chi connectivity index (χ1v) is 6.59. The summed E-state index contributed by atoms with van der Waals surface area (Å²) in [6.07, 6.45) is 5.19. The molecular formula is C10H14N4O3S. The molecular weight excluding hydrogens is 256 g/mol. The molecule has 0 fully saturated rings. The lowest BCUT2D eigenvalue weighted by atomic mass is 10.2. The molecule has 1 aromatic rings. The first-order valence-electron chi connectivity index (χ1n) is 5.19. The van der Waals surface area contributed by atoms with Crippen LogP contribution in [0.5, 0.6) is 0 Å². The van der Waals surface area contributed by atoms with Crippen LogP contribution in [0, 0.1) is 0 Å². The molecule has 0 aliphatic heterocycles. The van der Waals surface area contributed by atoms with E-state index in [-0.39, 0.29) is 5.95 Å². The summed E-state index contributed by atoms with van der Waals surface area (Å²) >= 11 is 1.52. The zero-order chi connectivity index (χ0) is 13.4. The maximum atomic E-state index is 11.5. The van der Waals surface area contributed by atoms with Crippen molar-refractivity contribution in [1.29, 1.82) is 0 Å². The van der Waals surface area contributed by atoms with E-state index in [1.165, 1.54) is 24.2 Å². The van der Waals surface area contributed by atoms with Crippen LogP contribution >= 0.6 is 11.8 Å². The highest BCUT2D eigenvalue weighted by Gasteiger charge is 2.19. The summed E-state index contributed by atoms with van der Waals surface area (Å²) in [7, 11) is 0. The second kappa shape index (κ2) is 7.49. The zero-order valence-corrected chi connectivity index (χ0v) is 10.6. The summed E-state index contributed by atoms with van der Waals surface area (Å²) in [6, 6.07) is 0.0672. The van der Waals surface area contributed by atoms with Crippen LogP contribution in [0.2, 0.25) is 0 Å². The second-order valence-electron chi connectivity index (χ2n) is 3.34. The Kier molecular flexibility index (Phi) is 5.92. The zero-order valence-electron chi connectivity index (χ0n) is 9.79. The van der Waals surface area contributed by atoms with Gasteiger partial charge in [0.15, 0.2) is 0 Å². The van der Waals surface area contributed by atoms with Gasteiger partial charge in [0.25, 0.3) is 0 Å². The quantitative estimate of drug-likeness (QED) is 0.706. The largest absolute Gasteiger partial charge is 0.480 e. The van der Waals surface area contributed by atoms with Crippen molar-refractivity contribution >= 4 is 29.7 Å². The molecule has 1 atom stereocenters. The first kappa shape index (κ1) is 14.2. The average molecular weight is 270 g/mol. The van der Waals surface area contributed by atoms with Crippen molar-refractivity contribution in [3.63, 3.8) is 0 Å². The maximum Gasteiger partial charge on any atom is 0.326 e. The number of amides is 2. The van der Waals surface area contributed by atoms with Crippen molar-refractivity contribution in [3.05, 3.63) is 18.5 Å². The highest BCUT2D eigenvalue weighted by molar-refractivity contribution is 7.98. The van der Waals surface area contributed by atoms with Crippen molar-refractivity contribution in [1.82, 2.24) is 15.3 Å². The number of nitrogens with zero attached hydrogens (tertiary/aromatic N) is 2. The summed E-state index contributed by atoms with van der Waals surface area (Å²) in [5, 5.41) is 13.6. The molecule has 3 N–H and O–H groups in total. The van der Waals surface area contributed by atoms with E-state index in [9.17, 15) is 9.59 Å². The minimum atomic E-state index is -1.06. The summed E-state index contributed by atoms with van der Waals surface area (Å²) in [5.74, 6) is -0.281. The number of carboxylic acids is 1. The molecule has 8 heteroatoms. The van der Waals surface area contributed by atoms with E-state index in [1.54, 1.807) is 6.07 Å². The lowest BCUT2D eigenvalue weighted by Crippen LogP contribution is -2.43. The number of hydrogen-bond acceptors (Lipinski definition) is 5. The molecule has 0 bridgehead atoms. The number of nitrogens with one attached hydrogen (secondary N) is 2. The number of thioether (sulfide) groups is 1. The van der Waals surface area contributed by atoms with Gasteiger partial charge in [0.1, 0.15) is 6.04 Å². The van der Waals surface area contributed by atoms with Gasteiger partial charge >= 0.3 is 12.0 Å². The van der Waals surface area contributed by atoms with Gasteiger partial charge in [-0.1, -0.05) is 0 Å². The summed E-state index contributed by atoms with van der Waals surface area (Å²) in [5.41, 5.74) is 0. The van der Waals surface area contributed by atoms with Gasteiger partial charge in [-0.15, -0.1) is 0 Å². The third-order valence-electron chi connectivity index (χ3n) is 2.01. The van der Waals surface area contributed by atoms with E-state index in [4.69, 9.17) is 5.11 Å². The minimum absolute atomic E-state index is 0.129. The van der Waals surface area contributed by atoms with Crippen molar-refractivity contribution < 1.29 is 14.7 Å². The van der Waals surface area contributed by atoms with Crippen molar-refractivity contribution in [2.45, 2.75) is 12.5 Å². The van der Waals surface area contributed by atoms with Crippen LogP contribution in [0.1, 0.15) is 6.42 Å². The lowest BCUT2D eigenvalue weighted by molar-refractivity contribution is -0.139. The Morgan fingerprint density at radius 1 is 1.44 bits per heavy atom. The van der Waals surface area contributed by atoms with E-state index in [1.807, 2.05) is 6.26 Å². The number of rotatable bonds is 6. The molecule has 0 saturated carbocycles. The van der Waals surface area contributed by atoms with Crippen LogP contribution < -0.4 is 10.6 Å². The topological polar surface area (TPSA) is 104 Å². The molecule has 18 heavy (non-hydrogen) atoms. The number of hydrogen-bond donors (Lipinski definition) is 3. The SMILES string of the molecule is CSCCC(NC(=O)Nc1ncccn1)C(=O)O. The highest BCUT2D eigenvalue weighted by Crippen LogP contribution is 2.02. The Morgan fingerprint density at radius 3 is 2.67 bits per heavy atom. The Labute approximate surface area is 108 Å². The van der Waals surface area contributed by atoms with E-state index < -0.39 is 18.0 Å². The fourth-order valence-corrected chi connectivity index (χ4v) is 1.62. The summed E-state index contributed by atoms with van der Waals surface area (Å²) in [4.78, 5) is 30.0.